The van der Waals surface area contributed by atoms with Gasteiger partial charge in [0.1, 0.15) is 6.33 Å². The van der Waals surface area contributed by atoms with Crippen molar-refractivity contribution >= 4 is 33.0 Å². The van der Waals surface area contributed by atoms with E-state index in [2.05, 4.69) is 20.2 Å². The largest absolute Gasteiger partial charge is 0.355 e. The fraction of sp³-hybridized carbons (Fsp3) is 0.111. The first-order valence-corrected chi connectivity index (χ1v) is 9.90. The van der Waals surface area contributed by atoms with E-state index in [0.29, 0.717) is 5.69 Å². The first-order chi connectivity index (χ1) is 13.8. The van der Waals surface area contributed by atoms with Crippen LogP contribution in [0.1, 0.15) is 5.56 Å². The van der Waals surface area contributed by atoms with E-state index in [1.54, 1.807) is 43.4 Å². The van der Waals surface area contributed by atoms with E-state index in [-0.39, 0.29) is 16.5 Å². The molecule has 2 N–H and O–H groups in total. The van der Waals surface area contributed by atoms with Gasteiger partial charge < -0.3 is 4.90 Å². The Hall–Kier alpha value is -3.57. The highest BCUT2D eigenvalue weighted by Crippen LogP contribution is 2.34. The van der Waals surface area contributed by atoms with Crippen LogP contribution in [0.15, 0.2) is 65.8 Å². The molecule has 3 rings (SSSR count). The number of nitro groups is 1. The first-order valence-electron chi connectivity index (χ1n) is 8.42. The van der Waals surface area contributed by atoms with E-state index >= 15 is 0 Å². The Bertz CT molecular complexity index is 1120. The number of sulfonamides is 1. The molecule has 2 aromatic carbocycles. The van der Waals surface area contributed by atoms with Crippen LogP contribution in [0.5, 0.6) is 0 Å². The number of aromatic nitrogens is 2. The summed E-state index contributed by atoms with van der Waals surface area (Å²) in [6, 6.07) is 15.1. The Morgan fingerprint density at radius 1 is 1.03 bits per heavy atom. The van der Waals surface area contributed by atoms with Gasteiger partial charge in [0.25, 0.3) is 10.0 Å². The topological polar surface area (TPSA) is 130 Å². The van der Waals surface area contributed by atoms with Crippen LogP contribution in [0.2, 0.25) is 0 Å². The van der Waals surface area contributed by atoms with Crippen molar-refractivity contribution in [3.05, 3.63) is 76.6 Å². The fourth-order valence-corrected chi connectivity index (χ4v) is 3.38. The Morgan fingerprint density at radius 2 is 1.69 bits per heavy atom. The molecule has 3 aromatic rings. The van der Waals surface area contributed by atoms with Crippen molar-refractivity contribution < 1.29 is 13.3 Å². The number of aryl methyl sites for hydroxylation is 1. The summed E-state index contributed by atoms with van der Waals surface area (Å²) < 4.78 is 24.9. The number of hydrazine groups is 1. The van der Waals surface area contributed by atoms with E-state index in [9.17, 15) is 18.5 Å². The molecule has 0 radical (unpaired) electrons. The number of rotatable bonds is 7. The zero-order valence-electron chi connectivity index (χ0n) is 15.6. The Kier molecular flexibility index (Phi) is 5.71. The van der Waals surface area contributed by atoms with Gasteiger partial charge in [-0.15, -0.1) is 4.83 Å². The van der Waals surface area contributed by atoms with E-state index in [1.165, 1.54) is 17.0 Å². The molecule has 0 saturated carbocycles. The first kappa shape index (κ1) is 20.2. The third-order valence-electron chi connectivity index (χ3n) is 4.08. The molecule has 29 heavy (non-hydrogen) atoms. The minimum Gasteiger partial charge on any atom is -0.324 e. The molecule has 0 saturated heterocycles. The van der Waals surface area contributed by atoms with Crippen LogP contribution in [0, 0.1) is 17.0 Å². The molecule has 0 fully saturated rings. The average Bonchev–Trinajstić information content (AvgIpc) is 2.72. The van der Waals surface area contributed by atoms with Crippen molar-refractivity contribution in [2.45, 2.75) is 11.8 Å². The van der Waals surface area contributed by atoms with Crippen LogP contribution in [0.3, 0.4) is 0 Å². The second-order valence-electron chi connectivity index (χ2n) is 6.09. The van der Waals surface area contributed by atoms with Gasteiger partial charge in [0.2, 0.25) is 11.6 Å². The predicted octanol–water partition coefficient (Wildman–Crippen LogP) is 2.77. The van der Waals surface area contributed by atoms with Gasteiger partial charge in [-0.25, -0.2) is 18.4 Å². The lowest BCUT2D eigenvalue weighted by Gasteiger charge is -2.19. The summed E-state index contributed by atoms with van der Waals surface area (Å²) in [6.07, 6.45) is 1.12. The second kappa shape index (κ2) is 8.20. The maximum atomic E-state index is 12.4. The van der Waals surface area contributed by atoms with Crippen molar-refractivity contribution in [3.8, 4) is 0 Å². The number of hydrogen-bond donors (Lipinski definition) is 2. The van der Waals surface area contributed by atoms with E-state index < -0.39 is 20.6 Å². The maximum absolute atomic E-state index is 12.4. The van der Waals surface area contributed by atoms with Crippen LogP contribution in [-0.4, -0.2) is 30.4 Å². The molecule has 150 valence electrons. The molecule has 0 spiro atoms. The highest BCUT2D eigenvalue weighted by atomic mass is 32.2. The Morgan fingerprint density at radius 3 is 2.31 bits per heavy atom. The monoisotopic (exact) mass is 414 g/mol. The van der Waals surface area contributed by atoms with Gasteiger partial charge in [-0.2, -0.15) is 0 Å². The van der Waals surface area contributed by atoms with Crippen molar-refractivity contribution in [1.82, 2.24) is 14.8 Å². The standard InChI is InChI=1S/C18H18N6O4S/c1-13-8-10-15(11-9-13)29(27,28)22-21-17-16(24(25)26)18(20-12-19-17)23(2)14-6-4-3-5-7-14/h3-12,22H,1-2H3,(H,19,20,21). The number of hydrogen-bond acceptors (Lipinski definition) is 8. The fourth-order valence-electron chi connectivity index (χ4n) is 2.54. The molecule has 0 unspecified atom stereocenters. The zero-order valence-corrected chi connectivity index (χ0v) is 16.4. The van der Waals surface area contributed by atoms with Crippen LogP contribution in [0.25, 0.3) is 0 Å². The lowest BCUT2D eigenvalue weighted by molar-refractivity contribution is -0.383. The number of nitrogens with zero attached hydrogens (tertiary/aromatic N) is 4. The van der Waals surface area contributed by atoms with Gasteiger partial charge in [-0.1, -0.05) is 35.9 Å². The molecular formula is C18H18N6O4S. The predicted molar refractivity (Wildman–Crippen MR) is 108 cm³/mol. The van der Waals surface area contributed by atoms with E-state index in [0.717, 1.165) is 11.9 Å². The normalized spacial score (nSPS) is 11.1. The lowest BCUT2D eigenvalue weighted by atomic mass is 10.2. The molecule has 0 amide bonds. The van der Waals surface area contributed by atoms with Crippen molar-refractivity contribution in [2.24, 2.45) is 0 Å². The summed E-state index contributed by atoms with van der Waals surface area (Å²) in [5.41, 5.74) is 3.44. The minimum atomic E-state index is -3.96. The van der Waals surface area contributed by atoms with Crippen molar-refractivity contribution in [2.75, 3.05) is 17.4 Å². The van der Waals surface area contributed by atoms with Gasteiger partial charge in [0.15, 0.2) is 0 Å². The average molecular weight is 414 g/mol. The minimum absolute atomic E-state index is 0.00762. The summed E-state index contributed by atoms with van der Waals surface area (Å²) in [5, 5.41) is 11.7. The summed E-state index contributed by atoms with van der Waals surface area (Å²) in [7, 11) is -2.34. The van der Waals surface area contributed by atoms with Crippen LogP contribution < -0.4 is 15.2 Å². The highest BCUT2D eigenvalue weighted by molar-refractivity contribution is 7.89. The summed E-state index contributed by atoms with van der Waals surface area (Å²) in [5.74, 6) is -0.272. The van der Waals surface area contributed by atoms with Gasteiger partial charge in [-0.3, -0.25) is 15.5 Å². The molecule has 1 heterocycles. The third-order valence-corrected chi connectivity index (χ3v) is 5.35. The van der Waals surface area contributed by atoms with Crippen LogP contribution in [0.4, 0.5) is 23.0 Å². The number of nitrogens with one attached hydrogen (secondary N) is 2. The Balaban J connectivity index is 1.92. The van der Waals surface area contributed by atoms with E-state index in [4.69, 9.17) is 0 Å². The smallest absolute Gasteiger partial charge is 0.324 e. The number of anilines is 3. The maximum Gasteiger partial charge on any atom is 0.355 e. The SMILES string of the molecule is Cc1ccc(S(=O)(=O)NNc2ncnc(N(C)c3ccccc3)c2[N+](=O)[O-])cc1. The molecule has 0 bridgehead atoms. The van der Waals surface area contributed by atoms with Crippen LogP contribution >= 0.6 is 0 Å². The quantitative estimate of drug-likeness (QED) is 0.446. The molecule has 11 heteroatoms. The summed E-state index contributed by atoms with van der Waals surface area (Å²) in [6.45, 7) is 1.83. The van der Waals surface area contributed by atoms with Gasteiger partial charge >= 0.3 is 5.69 Å². The summed E-state index contributed by atoms with van der Waals surface area (Å²) in [4.78, 5) is 22.5. The Labute approximate surface area is 167 Å². The molecule has 0 aliphatic heterocycles. The van der Waals surface area contributed by atoms with Gasteiger partial charge in [0, 0.05) is 12.7 Å². The third kappa shape index (κ3) is 4.47. The molecular weight excluding hydrogens is 396 g/mol. The van der Waals surface area contributed by atoms with E-state index in [1.807, 2.05) is 13.0 Å². The molecule has 0 atom stereocenters. The lowest BCUT2D eigenvalue weighted by Crippen LogP contribution is -2.30. The highest BCUT2D eigenvalue weighted by Gasteiger charge is 2.27. The summed E-state index contributed by atoms with van der Waals surface area (Å²) >= 11 is 0. The molecule has 0 aliphatic rings. The van der Waals surface area contributed by atoms with Crippen molar-refractivity contribution in [3.63, 3.8) is 0 Å². The zero-order chi connectivity index (χ0) is 21.0. The van der Waals surface area contributed by atoms with Gasteiger partial charge in [-0.05, 0) is 31.2 Å². The number of benzene rings is 2. The molecule has 10 nitrogen and oxygen atoms in total. The van der Waals surface area contributed by atoms with Gasteiger partial charge in [0.05, 0.1) is 9.82 Å². The second-order valence-corrected chi connectivity index (χ2v) is 7.77. The molecule has 0 aliphatic carbocycles. The van der Waals surface area contributed by atoms with Crippen molar-refractivity contribution in [1.29, 1.82) is 0 Å². The number of para-hydroxylation sites is 1. The van der Waals surface area contributed by atoms with Crippen LogP contribution in [-0.2, 0) is 10.0 Å². The molecule has 1 aromatic heterocycles.